The van der Waals surface area contributed by atoms with Crippen LogP contribution in [0.2, 0.25) is 0 Å². The summed E-state index contributed by atoms with van der Waals surface area (Å²) in [6, 6.07) is 10.7. The van der Waals surface area contributed by atoms with Crippen molar-refractivity contribution in [2.24, 2.45) is 0 Å². The normalized spacial score (nSPS) is 15.6. The van der Waals surface area contributed by atoms with Crippen LogP contribution in [-0.4, -0.2) is 38.2 Å². The molecule has 2 aromatic heterocycles. The Hall–Kier alpha value is -3.52. The van der Waals surface area contributed by atoms with Crippen LogP contribution >= 0.6 is 11.8 Å². The van der Waals surface area contributed by atoms with Crippen LogP contribution in [0, 0.1) is 0 Å². The lowest BCUT2D eigenvalue weighted by Gasteiger charge is -2.07. The van der Waals surface area contributed by atoms with Gasteiger partial charge in [-0.15, -0.1) is 6.58 Å². The van der Waals surface area contributed by atoms with E-state index in [4.69, 9.17) is 9.52 Å². The Bertz CT molecular complexity index is 1190. The first-order valence-electron chi connectivity index (χ1n) is 8.74. The maximum atomic E-state index is 12.5. The van der Waals surface area contributed by atoms with Crippen molar-refractivity contribution < 1.29 is 23.9 Å². The van der Waals surface area contributed by atoms with Crippen LogP contribution in [0.1, 0.15) is 21.9 Å². The molecule has 0 radical (unpaired) electrons. The average Bonchev–Trinajstić information content (AvgIpc) is 3.37. The minimum Gasteiger partial charge on any atom is -0.475 e. The summed E-state index contributed by atoms with van der Waals surface area (Å²) in [7, 11) is 0. The van der Waals surface area contributed by atoms with Gasteiger partial charge in [0.1, 0.15) is 5.76 Å². The van der Waals surface area contributed by atoms with Crippen molar-refractivity contribution in [3.8, 4) is 0 Å². The molecule has 0 unspecified atom stereocenters. The number of furan rings is 1. The largest absolute Gasteiger partial charge is 0.475 e. The van der Waals surface area contributed by atoms with Gasteiger partial charge in [-0.3, -0.25) is 14.5 Å². The Morgan fingerprint density at radius 3 is 2.72 bits per heavy atom. The summed E-state index contributed by atoms with van der Waals surface area (Å²) < 4.78 is 7.27. The summed E-state index contributed by atoms with van der Waals surface area (Å²) in [6.07, 6.45) is 5.08. The summed E-state index contributed by atoms with van der Waals surface area (Å²) in [5.74, 6) is -1.08. The molecule has 0 atom stereocenters. The van der Waals surface area contributed by atoms with Crippen LogP contribution in [0.25, 0.3) is 17.0 Å². The fourth-order valence-corrected chi connectivity index (χ4v) is 4.03. The Morgan fingerprint density at radius 1 is 1.21 bits per heavy atom. The van der Waals surface area contributed by atoms with E-state index in [1.54, 1.807) is 12.1 Å². The highest BCUT2D eigenvalue weighted by Gasteiger charge is 2.34. The Kier molecular flexibility index (Phi) is 4.85. The smallest absolute Gasteiger partial charge is 0.371 e. The number of hydrogen-bond acceptors (Lipinski definition) is 5. The summed E-state index contributed by atoms with van der Waals surface area (Å²) in [4.78, 5) is 37.1. The molecule has 0 bridgehead atoms. The number of aromatic carboxylic acids is 1. The number of hydrogen-bond donors (Lipinski definition) is 1. The van der Waals surface area contributed by atoms with Crippen molar-refractivity contribution in [2.45, 2.75) is 6.54 Å². The number of carboxylic acids is 1. The molecule has 7 nitrogen and oxygen atoms in total. The van der Waals surface area contributed by atoms with Gasteiger partial charge in [-0.1, -0.05) is 24.3 Å². The van der Waals surface area contributed by atoms with Crippen LogP contribution in [0.15, 0.2) is 64.6 Å². The van der Waals surface area contributed by atoms with E-state index in [1.807, 2.05) is 35.0 Å². The molecule has 0 spiro atoms. The van der Waals surface area contributed by atoms with E-state index in [1.165, 1.54) is 12.1 Å². The Balaban J connectivity index is 1.71. The third-order valence-corrected chi connectivity index (χ3v) is 5.40. The van der Waals surface area contributed by atoms with Crippen molar-refractivity contribution in [3.63, 3.8) is 0 Å². The van der Waals surface area contributed by atoms with Gasteiger partial charge in [0.25, 0.3) is 11.1 Å². The minimum atomic E-state index is -1.12. The van der Waals surface area contributed by atoms with Gasteiger partial charge < -0.3 is 14.1 Å². The maximum absolute atomic E-state index is 12.5. The van der Waals surface area contributed by atoms with Crippen LogP contribution in [0.5, 0.6) is 0 Å². The highest BCUT2D eigenvalue weighted by Crippen LogP contribution is 2.34. The second-order valence-corrected chi connectivity index (χ2v) is 7.37. The number of aromatic nitrogens is 1. The molecule has 0 saturated carbocycles. The van der Waals surface area contributed by atoms with E-state index >= 15 is 0 Å². The topological polar surface area (TPSA) is 92.8 Å². The quantitative estimate of drug-likeness (QED) is 0.485. The molecule has 0 aliphatic carbocycles. The number of carbonyl (C=O) groups is 3. The van der Waals surface area contributed by atoms with Gasteiger partial charge in [0.15, 0.2) is 0 Å². The van der Waals surface area contributed by atoms with Crippen LogP contribution in [0.4, 0.5) is 4.79 Å². The van der Waals surface area contributed by atoms with E-state index in [0.29, 0.717) is 17.2 Å². The molecule has 1 saturated heterocycles. The highest BCUT2D eigenvalue weighted by atomic mass is 32.2. The average molecular weight is 408 g/mol. The van der Waals surface area contributed by atoms with Crippen molar-refractivity contribution in [1.29, 1.82) is 0 Å². The highest BCUT2D eigenvalue weighted by molar-refractivity contribution is 8.18. The lowest BCUT2D eigenvalue weighted by molar-refractivity contribution is -0.122. The summed E-state index contributed by atoms with van der Waals surface area (Å²) >= 11 is 0.903. The molecule has 1 aromatic carbocycles. The zero-order valence-electron chi connectivity index (χ0n) is 15.2. The number of nitrogens with zero attached hydrogens (tertiary/aromatic N) is 2. The first-order valence-corrected chi connectivity index (χ1v) is 9.55. The Morgan fingerprint density at radius 2 is 2.00 bits per heavy atom. The number of carbonyl (C=O) groups excluding carboxylic acids is 2. The number of amides is 2. The van der Waals surface area contributed by atoms with Crippen molar-refractivity contribution >= 4 is 45.9 Å². The van der Waals surface area contributed by atoms with E-state index in [2.05, 4.69) is 6.58 Å². The molecule has 1 aliphatic rings. The van der Waals surface area contributed by atoms with Crippen LogP contribution < -0.4 is 0 Å². The fourth-order valence-electron chi connectivity index (χ4n) is 3.19. The van der Waals surface area contributed by atoms with Gasteiger partial charge in [0.2, 0.25) is 5.76 Å². The number of thioether (sulfide) groups is 1. The van der Waals surface area contributed by atoms with E-state index in [-0.39, 0.29) is 23.5 Å². The fraction of sp³-hybridized carbons (Fsp3) is 0.0952. The monoisotopic (exact) mass is 408 g/mol. The molecular weight excluding hydrogens is 392 g/mol. The zero-order chi connectivity index (χ0) is 20.5. The zero-order valence-corrected chi connectivity index (χ0v) is 16.0. The van der Waals surface area contributed by atoms with Crippen LogP contribution in [0.3, 0.4) is 0 Å². The molecule has 2 amide bonds. The lowest BCUT2D eigenvalue weighted by Crippen LogP contribution is -2.27. The third-order valence-electron chi connectivity index (χ3n) is 4.49. The lowest BCUT2D eigenvalue weighted by atomic mass is 10.1. The molecule has 8 heteroatoms. The first-order chi connectivity index (χ1) is 14.0. The van der Waals surface area contributed by atoms with Crippen molar-refractivity contribution in [2.75, 3.05) is 6.54 Å². The van der Waals surface area contributed by atoms with Gasteiger partial charge in [0.05, 0.1) is 11.4 Å². The summed E-state index contributed by atoms with van der Waals surface area (Å²) in [5.41, 5.74) is 1.69. The molecule has 1 N–H and O–H groups in total. The number of carboxylic acid groups (broad SMARTS) is 1. The number of para-hydroxylation sites is 1. The summed E-state index contributed by atoms with van der Waals surface area (Å²) in [6.45, 7) is 4.08. The molecule has 4 rings (SSSR count). The van der Waals surface area contributed by atoms with Crippen molar-refractivity contribution in [3.05, 3.63) is 77.2 Å². The molecule has 1 aliphatic heterocycles. The first kappa shape index (κ1) is 18.8. The SMILES string of the molecule is C=CCN1C(=O)SC(=Cc2cn(Cc3ccc(C(=O)O)o3)c3ccccc23)C1=O. The Labute approximate surface area is 169 Å². The van der Waals surface area contributed by atoms with Gasteiger partial charge in [0, 0.05) is 29.2 Å². The molecule has 29 heavy (non-hydrogen) atoms. The van der Waals surface area contributed by atoms with E-state index < -0.39 is 5.97 Å². The minimum absolute atomic E-state index is 0.118. The van der Waals surface area contributed by atoms with Gasteiger partial charge in [-0.25, -0.2) is 4.79 Å². The standard InChI is InChI=1S/C21H16N2O5S/c1-2-9-23-19(24)18(29-21(23)27)10-13-11-22(16-6-4-3-5-15(13)16)12-14-7-8-17(28-14)20(25)26/h2-8,10-11H,1,9,12H2,(H,25,26). The second-order valence-electron chi connectivity index (χ2n) is 6.38. The van der Waals surface area contributed by atoms with Gasteiger partial charge in [-0.2, -0.15) is 0 Å². The van der Waals surface area contributed by atoms with Crippen LogP contribution in [-0.2, 0) is 11.3 Å². The molecule has 1 fully saturated rings. The van der Waals surface area contributed by atoms with E-state index in [0.717, 1.165) is 33.1 Å². The van der Waals surface area contributed by atoms with Gasteiger partial charge >= 0.3 is 5.97 Å². The molecular formula is C21H16N2O5S. The van der Waals surface area contributed by atoms with Gasteiger partial charge in [-0.05, 0) is 36.0 Å². The number of rotatable bonds is 6. The molecule has 3 aromatic rings. The molecule has 146 valence electrons. The predicted molar refractivity (Wildman–Crippen MR) is 110 cm³/mol. The second kappa shape index (κ2) is 7.48. The third kappa shape index (κ3) is 3.50. The summed E-state index contributed by atoms with van der Waals surface area (Å²) in [5, 5.41) is 9.62. The molecule has 3 heterocycles. The van der Waals surface area contributed by atoms with Crippen molar-refractivity contribution in [1.82, 2.24) is 9.47 Å². The number of fused-ring (bicyclic) bond motifs is 1. The number of benzene rings is 1. The predicted octanol–water partition coefficient (Wildman–Crippen LogP) is 4.20. The maximum Gasteiger partial charge on any atom is 0.371 e. The number of imide groups is 1. The van der Waals surface area contributed by atoms with E-state index in [9.17, 15) is 14.4 Å².